The van der Waals surface area contributed by atoms with Crippen molar-refractivity contribution >= 4 is 5.91 Å². The van der Waals surface area contributed by atoms with Crippen LogP contribution < -0.4 is 10.1 Å². The zero-order valence-corrected chi connectivity index (χ0v) is 12.9. The van der Waals surface area contributed by atoms with Crippen LogP contribution in [-0.4, -0.2) is 53.8 Å². The second-order valence-corrected chi connectivity index (χ2v) is 6.04. The maximum atomic E-state index is 11.9. The van der Waals surface area contributed by atoms with E-state index in [4.69, 9.17) is 4.74 Å². The van der Waals surface area contributed by atoms with Crippen molar-refractivity contribution in [2.75, 3.05) is 26.2 Å². The van der Waals surface area contributed by atoms with E-state index in [1.54, 1.807) is 0 Å². The molecule has 1 fully saturated rings. The number of hydrogen-bond acceptors (Lipinski definition) is 4. The second kappa shape index (κ2) is 6.45. The summed E-state index contributed by atoms with van der Waals surface area (Å²) in [5, 5.41) is 13.0. The summed E-state index contributed by atoms with van der Waals surface area (Å²) >= 11 is 0. The van der Waals surface area contributed by atoms with Crippen LogP contribution in [0.15, 0.2) is 24.3 Å². The summed E-state index contributed by atoms with van der Waals surface area (Å²) in [7, 11) is 0. The van der Waals surface area contributed by atoms with Gasteiger partial charge >= 0.3 is 0 Å². The van der Waals surface area contributed by atoms with Crippen molar-refractivity contribution < 1.29 is 14.6 Å². The molecule has 5 heteroatoms. The van der Waals surface area contributed by atoms with E-state index in [2.05, 4.69) is 5.32 Å². The van der Waals surface area contributed by atoms with Crippen molar-refractivity contribution in [3.8, 4) is 5.75 Å². The van der Waals surface area contributed by atoms with Crippen molar-refractivity contribution in [3.63, 3.8) is 0 Å². The van der Waals surface area contributed by atoms with E-state index in [9.17, 15) is 9.90 Å². The second-order valence-electron chi connectivity index (χ2n) is 6.04. The highest BCUT2D eigenvalue weighted by molar-refractivity contribution is 5.86. The highest BCUT2D eigenvalue weighted by Crippen LogP contribution is 2.18. The average molecular weight is 292 g/mol. The van der Waals surface area contributed by atoms with Crippen LogP contribution in [0.25, 0.3) is 0 Å². The molecular weight excluding hydrogens is 268 g/mol. The SMILES string of the molecule is Cc1cccc(OCC(O)CN2CCNC(=O)C2(C)C)c1. The highest BCUT2D eigenvalue weighted by atomic mass is 16.5. The van der Waals surface area contributed by atoms with Crippen LogP contribution in [0.2, 0.25) is 0 Å². The maximum Gasteiger partial charge on any atom is 0.240 e. The van der Waals surface area contributed by atoms with Gasteiger partial charge in [-0.1, -0.05) is 12.1 Å². The lowest BCUT2D eigenvalue weighted by atomic mass is 9.98. The number of carbonyl (C=O) groups excluding carboxylic acids is 1. The number of aliphatic hydroxyl groups excluding tert-OH is 1. The fraction of sp³-hybridized carbons (Fsp3) is 0.562. The normalized spacial score (nSPS) is 19.9. The summed E-state index contributed by atoms with van der Waals surface area (Å²) < 4.78 is 5.61. The van der Waals surface area contributed by atoms with Gasteiger partial charge in [0.15, 0.2) is 0 Å². The fourth-order valence-corrected chi connectivity index (χ4v) is 2.47. The summed E-state index contributed by atoms with van der Waals surface area (Å²) in [6.45, 7) is 7.74. The molecule has 5 nitrogen and oxygen atoms in total. The van der Waals surface area contributed by atoms with Gasteiger partial charge in [-0.05, 0) is 38.5 Å². The molecule has 0 aromatic heterocycles. The summed E-state index contributed by atoms with van der Waals surface area (Å²) in [4.78, 5) is 13.9. The Balaban J connectivity index is 1.86. The Kier molecular flexibility index (Phi) is 4.85. The molecule has 0 saturated carbocycles. The maximum absolute atomic E-state index is 11.9. The third-order valence-electron chi connectivity index (χ3n) is 3.88. The quantitative estimate of drug-likeness (QED) is 0.848. The average Bonchev–Trinajstić information content (AvgIpc) is 2.42. The smallest absolute Gasteiger partial charge is 0.240 e. The lowest BCUT2D eigenvalue weighted by Crippen LogP contribution is -2.63. The number of amides is 1. The standard InChI is InChI=1S/C16H24N2O3/c1-12-5-4-6-14(9-12)21-11-13(19)10-18-8-7-17-15(20)16(18,2)3/h4-6,9,13,19H,7-8,10-11H2,1-3H3,(H,17,20). The largest absolute Gasteiger partial charge is 0.491 e. The number of rotatable bonds is 5. The Morgan fingerprint density at radius 1 is 1.48 bits per heavy atom. The monoisotopic (exact) mass is 292 g/mol. The van der Waals surface area contributed by atoms with Crippen LogP contribution in [-0.2, 0) is 4.79 Å². The summed E-state index contributed by atoms with van der Waals surface area (Å²) in [5.74, 6) is 0.755. The number of carbonyl (C=O) groups is 1. The van der Waals surface area contributed by atoms with Gasteiger partial charge in [-0.15, -0.1) is 0 Å². The van der Waals surface area contributed by atoms with Crippen molar-refractivity contribution in [1.82, 2.24) is 10.2 Å². The number of hydrogen-bond donors (Lipinski definition) is 2. The van der Waals surface area contributed by atoms with Gasteiger partial charge in [0.2, 0.25) is 5.91 Å². The minimum absolute atomic E-state index is 0.000512. The molecule has 21 heavy (non-hydrogen) atoms. The van der Waals surface area contributed by atoms with Crippen molar-refractivity contribution in [1.29, 1.82) is 0 Å². The third kappa shape index (κ3) is 3.95. The van der Waals surface area contributed by atoms with E-state index >= 15 is 0 Å². The minimum Gasteiger partial charge on any atom is -0.491 e. The van der Waals surface area contributed by atoms with Crippen LogP contribution in [0.4, 0.5) is 0 Å². The predicted molar refractivity (Wildman–Crippen MR) is 81.3 cm³/mol. The molecule has 1 heterocycles. The molecular formula is C16H24N2O3. The molecule has 1 aliphatic heterocycles. The molecule has 1 amide bonds. The molecule has 1 aliphatic rings. The van der Waals surface area contributed by atoms with Crippen LogP contribution in [0, 0.1) is 6.92 Å². The number of aliphatic hydroxyl groups is 1. The van der Waals surface area contributed by atoms with Crippen molar-refractivity contribution in [2.45, 2.75) is 32.4 Å². The van der Waals surface area contributed by atoms with Gasteiger partial charge in [-0.25, -0.2) is 0 Å². The molecule has 1 atom stereocenters. The first-order valence-electron chi connectivity index (χ1n) is 7.30. The molecule has 0 radical (unpaired) electrons. The van der Waals surface area contributed by atoms with Crippen molar-refractivity contribution in [3.05, 3.63) is 29.8 Å². The molecule has 1 unspecified atom stereocenters. The fourth-order valence-electron chi connectivity index (χ4n) is 2.47. The lowest BCUT2D eigenvalue weighted by molar-refractivity contribution is -0.136. The number of nitrogens with zero attached hydrogens (tertiary/aromatic N) is 1. The van der Waals surface area contributed by atoms with Gasteiger partial charge in [0, 0.05) is 19.6 Å². The zero-order chi connectivity index (χ0) is 15.5. The number of nitrogens with one attached hydrogen (secondary N) is 1. The number of ether oxygens (including phenoxy) is 1. The molecule has 0 bridgehead atoms. The number of piperazine rings is 1. The van der Waals surface area contributed by atoms with Gasteiger partial charge in [-0.2, -0.15) is 0 Å². The first-order valence-corrected chi connectivity index (χ1v) is 7.30. The van der Waals surface area contributed by atoms with Gasteiger partial charge in [-0.3, -0.25) is 9.69 Å². The molecule has 1 aromatic carbocycles. The molecule has 2 rings (SSSR count). The van der Waals surface area contributed by atoms with Crippen LogP contribution >= 0.6 is 0 Å². The number of β-amino-alcohol motifs (C(OH)–C–C–N with tert-alkyl or cyclic N) is 1. The zero-order valence-electron chi connectivity index (χ0n) is 12.9. The number of aryl methyl sites for hydroxylation is 1. The van der Waals surface area contributed by atoms with E-state index in [0.717, 1.165) is 17.9 Å². The predicted octanol–water partition coefficient (Wildman–Crippen LogP) is 0.945. The van der Waals surface area contributed by atoms with Crippen LogP contribution in [0.1, 0.15) is 19.4 Å². The van der Waals surface area contributed by atoms with Crippen LogP contribution in [0.3, 0.4) is 0 Å². The molecule has 1 aromatic rings. The Morgan fingerprint density at radius 3 is 2.95 bits per heavy atom. The first kappa shape index (κ1) is 15.8. The Bertz CT molecular complexity index is 502. The summed E-state index contributed by atoms with van der Waals surface area (Å²) in [5.41, 5.74) is 0.526. The third-order valence-corrected chi connectivity index (χ3v) is 3.88. The van der Waals surface area contributed by atoms with E-state index in [1.165, 1.54) is 0 Å². The van der Waals surface area contributed by atoms with Gasteiger partial charge in [0.1, 0.15) is 18.5 Å². The van der Waals surface area contributed by atoms with Gasteiger partial charge < -0.3 is 15.2 Å². The van der Waals surface area contributed by atoms with E-state index in [1.807, 2.05) is 49.9 Å². The molecule has 0 aliphatic carbocycles. The summed E-state index contributed by atoms with van der Waals surface area (Å²) in [6.07, 6.45) is -0.629. The summed E-state index contributed by atoms with van der Waals surface area (Å²) in [6, 6.07) is 7.73. The topological polar surface area (TPSA) is 61.8 Å². The molecule has 1 saturated heterocycles. The van der Waals surface area contributed by atoms with E-state index < -0.39 is 11.6 Å². The highest BCUT2D eigenvalue weighted by Gasteiger charge is 2.38. The van der Waals surface area contributed by atoms with E-state index in [-0.39, 0.29) is 12.5 Å². The van der Waals surface area contributed by atoms with Gasteiger partial charge in [0.05, 0.1) is 5.54 Å². The molecule has 2 N–H and O–H groups in total. The minimum atomic E-state index is -0.629. The lowest BCUT2D eigenvalue weighted by Gasteiger charge is -2.41. The number of benzene rings is 1. The van der Waals surface area contributed by atoms with Gasteiger partial charge in [0.25, 0.3) is 0 Å². The van der Waals surface area contributed by atoms with E-state index in [0.29, 0.717) is 13.1 Å². The molecule has 116 valence electrons. The molecule has 0 spiro atoms. The van der Waals surface area contributed by atoms with Crippen molar-refractivity contribution in [2.24, 2.45) is 0 Å². The first-order chi connectivity index (χ1) is 9.89. The Morgan fingerprint density at radius 2 is 2.24 bits per heavy atom. The Labute approximate surface area is 125 Å². The Hall–Kier alpha value is -1.59. The van der Waals surface area contributed by atoms with Crippen LogP contribution in [0.5, 0.6) is 5.75 Å².